The summed E-state index contributed by atoms with van der Waals surface area (Å²) in [6.07, 6.45) is 2.09. The number of allylic oxidation sites excluding steroid dienone is 2. The molecule has 0 N–H and O–H groups in total. The van der Waals surface area contributed by atoms with Gasteiger partial charge >= 0.3 is 0 Å². The molecule has 1 aliphatic heterocycles. The van der Waals surface area contributed by atoms with Crippen molar-refractivity contribution in [2.24, 2.45) is 10.1 Å². The van der Waals surface area contributed by atoms with Gasteiger partial charge in [-0.25, -0.2) is 4.39 Å². The molecule has 8 heteroatoms. The van der Waals surface area contributed by atoms with Gasteiger partial charge in [-0.1, -0.05) is 18.2 Å². The lowest BCUT2D eigenvalue weighted by Gasteiger charge is -2.23. The number of carbonyl (C=O) groups excluding carboxylic acids is 1. The molecule has 2 heterocycles. The van der Waals surface area contributed by atoms with E-state index < -0.39 is 0 Å². The van der Waals surface area contributed by atoms with Crippen molar-refractivity contribution in [2.75, 3.05) is 14.1 Å². The van der Waals surface area contributed by atoms with Crippen LogP contribution in [0.4, 0.5) is 4.39 Å². The van der Waals surface area contributed by atoms with Crippen molar-refractivity contribution >= 4 is 17.2 Å². The molecule has 0 atom stereocenters. The van der Waals surface area contributed by atoms with Crippen molar-refractivity contribution in [3.63, 3.8) is 0 Å². The van der Waals surface area contributed by atoms with E-state index in [4.69, 9.17) is 4.42 Å². The molecule has 0 amide bonds. The number of carbonyl (C=O) groups is 1. The second-order valence-corrected chi connectivity index (χ2v) is 5.35. The number of halogens is 1. The van der Waals surface area contributed by atoms with Crippen LogP contribution < -0.4 is 0 Å². The third-order valence-electron chi connectivity index (χ3n) is 3.71. The number of hydrogen-bond donors (Lipinski definition) is 0. The van der Waals surface area contributed by atoms with Crippen molar-refractivity contribution < 1.29 is 13.6 Å². The van der Waals surface area contributed by atoms with Gasteiger partial charge < -0.3 is 4.42 Å². The fraction of sp³-hybridized carbons (Fsp3) is 0.235. The van der Waals surface area contributed by atoms with E-state index in [1.54, 1.807) is 44.2 Å². The predicted octanol–water partition coefficient (Wildman–Crippen LogP) is 1.99. The van der Waals surface area contributed by atoms with Gasteiger partial charge in [0.15, 0.2) is 5.71 Å². The lowest BCUT2D eigenvalue weighted by atomic mass is 10.1. The van der Waals surface area contributed by atoms with E-state index in [-0.39, 0.29) is 28.9 Å². The van der Waals surface area contributed by atoms with E-state index in [0.29, 0.717) is 18.0 Å². The van der Waals surface area contributed by atoms with Gasteiger partial charge in [-0.15, -0.1) is 10.2 Å². The number of benzene rings is 1. The van der Waals surface area contributed by atoms with E-state index in [1.807, 2.05) is 0 Å². The summed E-state index contributed by atoms with van der Waals surface area (Å²) in [4.78, 5) is 16.6. The third kappa shape index (κ3) is 3.23. The monoisotopic (exact) mass is 341 g/mol. The van der Waals surface area contributed by atoms with Crippen LogP contribution in [0.2, 0.25) is 0 Å². The molecule has 1 aliphatic rings. The first-order valence-electron chi connectivity index (χ1n) is 7.61. The fourth-order valence-electron chi connectivity index (χ4n) is 2.51. The van der Waals surface area contributed by atoms with Crippen molar-refractivity contribution in [3.05, 3.63) is 59.2 Å². The third-order valence-corrected chi connectivity index (χ3v) is 3.71. The lowest BCUT2D eigenvalue weighted by Crippen LogP contribution is -2.38. The Labute approximate surface area is 143 Å². The largest absolute Gasteiger partial charge is 0.419 e. The zero-order chi connectivity index (χ0) is 18.0. The number of nitrogens with zero attached hydrogens (tertiary/aromatic N) is 5. The minimum absolute atomic E-state index is 0.0327. The van der Waals surface area contributed by atoms with E-state index in [1.165, 1.54) is 12.1 Å². The van der Waals surface area contributed by atoms with Gasteiger partial charge in [0.2, 0.25) is 11.7 Å². The quantitative estimate of drug-likeness (QED) is 0.852. The van der Waals surface area contributed by atoms with Crippen LogP contribution >= 0.6 is 0 Å². The molecule has 0 unspecified atom stereocenters. The first-order valence-corrected chi connectivity index (χ1v) is 7.61. The molecule has 1 aromatic heterocycles. The minimum atomic E-state index is -0.370. The summed E-state index contributed by atoms with van der Waals surface area (Å²) in [5.41, 5.74) is 1.76. The average Bonchev–Trinajstić information content (AvgIpc) is 3.06. The van der Waals surface area contributed by atoms with E-state index in [9.17, 15) is 9.18 Å². The van der Waals surface area contributed by atoms with Gasteiger partial charge in [-0.05, 0) is 24.6 Å². The van der Waals surface area contributed by atoms with E-state index in [2.05, 4.69) is 20.3 Å². The van der Waals surface area contributed by atoms with E-state index in [0.717, 1.165) is 5.56 Å². The van der Waals surface area contributed by atoms with Gasteiger partial charge in [0.05, 0.1) is 12.1 Å². The summed E-state index contributed by atoms with van der Waals surface area (Å²) in [6, 6.07) is 5.99. The number of aromatic nitrogens is 2. The molecular weight excluding hydrogens is 325 g/mol. The van der Waals surface area contributed by atoms with Crippen molar-refractivity contribution in [2.45, 2.75) is 13.3 Å². The summed E-state index contributed by atoms with van der Waals surface area (Å²) >= 11 is 0. The van der Waals surface area contributed by atoms with Gasteiger partial charge in [-0.3, -0.25) is 14.8 Å². The van der Waals surface area contributed by atoms with Gasteiger partial charge in [0, 0.05) is 14.1 Å². The molecule has 7 nitrogen and oxygen atoms in total. The summed E-state index contributed by atoms with van der Waals surface area (Å²) < 4.78 is 18.5. The number of hydrazone groups is 1. The van der Waals surface area contributed by atoms with E-state index >= 15 is 0 Å². The number of ketones is 1. The lowest BCUT2D eigenvalue weighted by molar-refractivity contribution is -0.107. The smallest absolute Gasteiger partial charge is 0.272 e. The Hall–Kier alpha value is -3.16. The Balaban J connectivity index is 1.89. The molecule has 25 heavy (non-hydrogen) atoms. The fourth-order valence-corrected chi connectivity index (χ4v) is 2.51. The summed E-state index contributed by atoms with van der Waals surface area (Å²) in [7, 11) is 3.25. The molecule has 128 valence electrons. The highest BCUT2D eigenvalue weighted by atomic mass is 19.1. The first-order chi connectivity index (χ1) is 12.0. The van der Waals surface area contributed by atoms with Crippen molar-refractivity contribution in [3.8, 4) is 0 Å². The maximum atomic E-state index is 13.0. The van der Waals surface area contributed by atoms with Gasteiger partial charge in [0.1, 0.15) is 11.5 Å². The minimum Gasteiger partial charge on any atom is -0.419 e. The number of Topliss-reactive ketones (excluding diaryl/α,β-unsaturated/α-hetero) is 1. The SMILES string of the molecule is C/C=C1\C(=N/C)C(=O)C(c2nnc(Cc3ccc(F)cc3)o2)=NN1C. The highest BCUT2D eigenvalue weighted by molar-refractivity contribution is 6.72. The summed E-state index contributed by atoms with van der Waals surface area (Å²) in [5.74, 6) is -0.339. The molecule has 0 fully saturated rings. The van der Waals surface area contributed by atoms with Crippen LogP contribution in [0.5, 0.6) is 0 Å². The standard InChI is InChI=1S/C17H16FN5O2/c1-4-12-14(19-2)16(24)15(22-23(12)3)17-21-20-13(25-17)9-10-5-7-11(18)8-6-10/h4-8H,9H2,1-3H3/b12-4+,19-14+. The zero-order valence-corrected chi connectivity index (χ0v) is 14.0. The predicted molar refractivity (Wildman–Crippen MR) is 89.9 cm³/mol. The normalized spacial score (nSPS) is 18.2. The van der Waals surface area contributed by atoms with Crippen LogP contribution in [-0.2, 0) is 11.2 Å². The molecule has 1 aromatic carbocycles. The molecule has 0 radical (unpaired) electrons. The molecule has 0 bridgehead atoms. The van der Waals surface area contributed by atoms with Crippen LogP contribution in [0, 0.1) is 5.82 Å². The van der Waals surface area contributed by atoms with Gasteiger partial charge in [-0.2, -0.15) is 5.10 Å². The van der Waals surface area contributed by atoms with Crippen molar-refractivity contribution in [1.29, 1.82) is 0 Å². The zero-order valence-electron chi connectivity index (χ0n) is 14.0. The van der Waals surface area contributed by atoms with Crippen LogP contribution in [0.15, 0.2) is 50.5 Å². The number of hydrogen-bond acceptors (Lipinski definition) is 7. The summed E-state index contributed by atoms with van der Waals surface area (Å²) in [6.45, 7) is 1.80. The molecular formula is C17H16FN5O2. The molecule has 0 aliphatic carbocycles. The Morgan fingerprint density at radius 1 is 1.28 bits per heavy atom. The van der Waals surface area contributed by atoms with Gasteiger partial charge in [0.25, 0.3) is 5.89 Å². The Morgan fingerprint density at radius 2 is 2.00 bits per heavy atom. The Bertz CT molecular complexity index is 896. The average molecular weight is 341 g/mol. The first kappa shape index (κ1) is 16.7. The van der Waals surface area contributed by atoms with Crippen LogP contribution in [-0.4, -0.2) is 46.5 Å². The summed E-state index contributed by atoms with van der Waals surface area (Å²) in [5, 5.41) is 13.6. The topological polar surface area (TPSA) is 83.9 Å². The van der Waals surface area contributed by atoms with Crippen LogP contribution in [0.25, 0.3) is 0 Å². The molecule has 0 saturated carbocycles. The highest BCUT2D eigenvalue weighted by Crippen LogP contribution is 2.17. The maximum Gasteiger partial charge on any atom is 0.272 e. The number of rotatable bonds is 3. The molecule has 0 spiro atoms. The second kappa shape index (κ2) is 6.76. The Morgan fingerprint density at radius 3 is 2.64 bits per heavy atom. The second-order valence-electron chi connectivity index (χ2n) is 5.35. The maximum absolute atomic E-state index is 13.0. The molecule has 3 rings (SSSR count). The van der Waals surface area contributed by atoms with Crippen LogP contribution in [0.3, 0.4) is 0 Å². The number of aliphatic imine (C=N–C) groups is 1. The Kier molecular flexibility index (Phi) is 4.51. The molecule has 2 aromatic rings. The molecule has 0 saturated heterocycles. The highest BCUT2D eigenvalue weighted by Gasteiger charge is 2.33. The van der Waals surface area contributed by atoms with Crippen LogP contribution in [0.1, 0.15) is 24.3 Å². The van der Waals surface area contributed by atoms with Crippen molar-refractivity contribution in [1.82, 2.24) is 15.2 Å².